The minimum absolute atomic E-state index is 0.449. The molecule has 0 aliphatic heterocycles. The Kier molecular flexibility index (Phi) is 3.53. The van der Waals surface area contributed by atoms with Gasteiger partial charge in [-0.2, -0.15) is 0 Å². The van der Waals surface area contributed by atoms with Crippen LogP contribution in [0.5, 0.6) is 0 Å². The van der Waals surface area contributed by atoms with Gasteiger partial charge in [-0.05, 0) is 48.7 Å². The van der Waals surface area contributed by atoms with Crippen molar-refractivity contribution in [3.05, 3.63) is 48.0 Å². The van der Waals surface area contributed by atoms with E-state index in [1.165, 1.54) is 4.90 Å². The molecule has 0 atom stereocenters. The highest BCUT2D eigenvalue weighted by atomic mass is 32.2. The molecule has 1 heterocycles. The van der Waals surface area contributed by atoms with Gasteiger partial charge in [0.15, 0.2) is 0 Å². The first-order valence-corrected chi connectivity index (χ1v) is 7.59. The number of thioether (sulfide) groups is 1. The normalized spacial score (nSPS) is 10.7. The second-order valence-electron chi connectivity index (χ2n) is 4.54. The highest BCUT2D eigenvalue weighted by Crippen LogP contribution is 2.22. The lowest BCUT2D eigenvalue weighted by atomic mass is 10.2. The van der Waals surface area contributed by atoms with E-state index in [1.807, 2.05) is 30.5 Å². The molecule has 21 heavy (non-hydrogen) atoms. The molecule has 0 spiro atoms. The molecule has 0 unspecified atom stereocenters. The molecule has 0 saturated carbocycles. The lowest BCUT2D eigenvalue weighted by Crippen LogP contribution is -2.10. The maximum atomic E-state index is 11.2. The number of benzene rings is 2. The number of rotatable bonds is 4. The third kappa shape index (κ3) is 2.85. The van der Waals surface area contributed by atoms with Crippen LogP contribution in [0.2, 0.25) is 0 Å². The van der Waals surface area contributed by atoms with E-state index in [1.54, 1.807) is 30.0 Å². The summed E-state index contributed by atoms with van der Waals surface area (Å²) in [4.78, 5) is 19.9. The highest BCUT2D eigenvalue weighted by Gasteiger charge is 2.06. The molecule has 1 amide bonds. The van der Waals surface area contributed by atoms with E-state index in [9.17, 15) is 4.79 Å². The van der Waals surface area contributed by atoms with Crippen LogP contribution in [0, 0.1) is 0 Å². The Hall–Kier alpha value is -2.47. The van der Waals surface area contributed by atoms with Gasteiger partial charge < -0.3 is 16.0 Å². The number of nitrogens with one attached hydrogen (secondary N) is 2. The van der Waals surface area contributed by atoms with Crippen molar-refractivity contribution in [1.82, 2.24) is 9.97 Å². The quantitative estimate of drug-likeness (QED) is 0.646. The molecule has 106 valence electrons. The molecule has 4 N–H and O–H groups in total. The summed E-state index contributed by atoms with van der Waals surface area (Å²) in [6, 6.07) is 13.2. The van der Waals surface area contributed by atoms with Crippen LogP contribution in [0.25, 0.3) is 11.0 Å². The fraction of sp³-hybridized carbons (Fsp3) is 0.0667. The average molecular weight is 298 g/mol. The van der Waals surface area contributed by atoms with Crippen molar-refractivity contribution in [2.24, 2.45) is 5.73 Å². The SMILES string of the molecule is CSc1ccc(Nc2nc3cc(C(N)=O)ccc3[nH]2)cc1. The Bertz CT molecular complexity index is 795. The summed E-state index contributed by atoms with van der Waals surface area (Å²) in [5.41, 5.74) is 8.22. The Morgan fingerprint density at radius 1 is 1.24 bits per heavy atom. The standard InChI is InChI=1S/C15H14N4OS/c1-21-11-5-3-10(4-6-11)17-15-18-12-7-2-9(14(16)20)8-13(12)19-15/h2-8H,1H3,(H2,16,20)(H2,17,18,19). The molecule has 0 fully saturated rings. The summed E-state index contributed by atoms with van der Waals surface area (Å²) < 4.78 is 0. The van der Waals surface area contributed by atoms with Crippen LogP contribution in [0.1, 0.15) is 10.4 Å². The predicted molar refractivity (Wildman–Crippen MR) is 86.1 cm³/mol. The van der Waals surface area contributed by atoms with E-state index < -0.39 is 5.91 Å². The Morgan fingerprint density at radius 3 is 2.67 bits per heavy atom. The Balaban J connectivity index is 1.88. The van der Waals surface area contributed by atoms with Crippen LogP contribution in [0.3, 0.4) is 0 Å². The molecule has 0 radical (unpaired) electrons. The van der Waals surface area contributed by atoms with E-state index in [-0.39, 0.29) is 0 Å². The number of imidazole rings is 1. The van der Waals surface area contributed by atoms with Crippen molar-refractivity contribution in [2.75, 3.05) is 11.6 Å². The number of carbonyl (C=O) groups is 1. The molecular weight excluding hydrogens is 284 g/mol. The van der Waals surface area contributed by atoms with Crippen molar-refractivity contribution >= 4 is 40.3 Å². The number of fused-ring (bicyclic) bond motifs is 1. The summed E-state index contributed by atoms with van der Waals surface area (Å²) in [6.07, 6.45) is 2.04. The fourth-order valence-electron chi connectivity index (χ4n) is 2.03. The predicted octanol–water partition coefficient (Wildman–Crippen LogP) is 3.13. The van der Waals surface area contributed by atoms with Crippen molar-refractivity contribution in [3.8, 4) is 0 Å². The van der Waals surface area contributed by atoms with E-state index >= 15 is 0 Å². The van der Waals surface area contributed by atoms with E-state index in [0.717, 1.165) is 11.2 Å². The molecule has 0 aliphatic carbocycles. The number of primary amides is 1. The van der Waals surface area contributed by atoms with E-state index in [4.69, 9.17) is 5.73 Å². The molecule has 2 aromatic carbocycles. The summed E-state index contributed by atoms with van der Waals surface area (Å²) in [5.74, 6) is 0.172. The van der Waals surface area contributed by atoms with Gasteiger partial charge >= 0.3 is 0 Å². The number of anilines is 2. The number of nitrogens with zero attached hydrogens (tertiary/aromatic N) is 1. The van der Waals surface area contributed by atoms with Crippen molar-refractivity contribution in [1.29, 1.82) is 0 Å². The zero-order valence-corrected chi connectivity index (χ0v) is 12.2. The summed E-state index contributed by atoms with van der Waals surface area (Å²) >= 11 is 1.70. The third-order valence-corrected chi connectivity index (χ3v) is 3.86. The monoisotopic (exact) mass is 298 g/mol. The molecule has 0 saturated heterocycles. The van der Waals surface area contributed by atoms with Gasteiger partial charge in [-0.3, -0.25) is 4.79 Å². The van der Waals surface area contributed by atoms with Crippen LogP contribution >= 0.6 is 11.8 Å². The minimum Gasteiger partial charge on any atom is -0.366 e. The minimum atomic E-state index is -0.456. The molecule has 1 aromatic heterocycles. The Labute approximate surface area is 126 Å². The van der Waals surface area contributed by atoms with Gasteiger partial charge in [0.2, 0.25) is 11.9 Å². The van der Waals surface area contributed by atoms with Gasteiger partial charge in [0.05, 0.1) is 11.0 Å². The van der Waals surface area contributed by atoms with Crippen molar-refractivity contribution in [2.45, 2.75) is 4.90 Å². The number of H-pyrrole nitrogens is 1. The molecule has 3 aromatic rings. The van der Waals surface area contributed by atoms with Gasteiger partial charge in [-0.15, -0.1) is 11.8 Å². The Morgan fingerprint density at radius 2 is 2.00 bits per heavy atom. The van der Waals surface area contributed by atoms with Crippen LogP contribution in [0.4, 0.5) is 11.6 Å². The zero-order chi connectivity index (χ0) is 14.8. The molecule has 6 heteroatoms. The third-order valence-electron chi connectivity index (χ3n) is 3.12. The van der Waals surface area contributed by atoms with E-state index in [2.05, 4.69) is 15.3 Å². The van der Waals surface area contributed by atoms with Gasteiger partial charge in [0.25, 0.3) is 0 Å². The number of nitrogens with two attached hydrogens (primary N) is 1. The van der Waals surface area contributed by atoms with Crippen LogP contribution in [-0.2, 0) is 0 Å². The maximum Gasteiger partial charge on any atom is 0.248 e. The highest BCUT2D eigenvalue weighted by molar-refractivity contribution is 7.98. The molecule has 5 nitrogen and oxygen atoms in total. The molecule has 0 bridgehead atoms. The summed E-state index contributed by atoms with van der Waals surface area (Å²) in [6.45, 7) is 0. The zero-order valence-electron chi connectivity index (χ0n) is 11.4. The van der Waals surface area contributed by atoms with Crippen LogP contribution in [0.15, 0.2) is 47.4 Å². The van der Waals surface area contributed by atoms with Crippen LogP contribution < -0.4 is 11.1 Å². The second kappa shape index (κ2) is 5.49. The number of carbonyl (C=O) groups excluding carboxylic acids is 1. The second-order valence-corrected chi connectivity index (χ2v) is 5.41. The van der Waals surface area contributed by atoms with Gasteiger partial charge in [-0.1, -0.05) is 0 Å². The van der Waals surface area contributed by atoms with Crippen molar-refractivity contribution < 1.29 is 4.79 Å². The van der Waals surface area contributed by atoms with Crippen molar-refractivity contribution in [3.63, 3.8) is 0 Å². The first-order valence-electron chi connectivity index (χ1n) is 6.36. The number of aromatic nitrogens is 2. The first kappa shape index (κ1) is 13.5. The van der Waals surface area contributed by atoms with Gasteiger partial charge in [-0.25, -0.2) is 4.98 Å². The molecule has 3 rings (SSSR count). The molecular formula is C15H14N4OS. The number of hydrogen-bond acceptors (Lipinski definition) is 4. The number of amides is 1. The summed E-state index contributed by atoms with van der Waals surface area (Å²) in [5, 5.41) is 3.20. The van der Waals surface area contributed by atoms with E-state index in [0.29, 0.717) is 17.0 Å². The van der Waals surface area contributed by atoms with Gasteiger partial charge in [0, 0.05) is 16.1 Å². The van der Waals surface area contributed by atoms with Gasteiger partial charge in [0.1, 0.15) is 0 Å². The summed E-state index contributed by atoms with van der Waals surface area (Å²) in [7, 11) is 0. The average Bonchev–Trinajstić information content (AvgIpc) is 2.89. The smallest absolute Gasteiger partial charge is 0.248 e. The molecule has 0 aliphatic rings. The lowest BCUT2D eigenvalue weighted by molar-refractivity contribution is 0.100. The topological polar surface area (TPSA) is 83.8 Å². The fourth-order valence-corrected chi connectivity index (χ4v) is 2.44. The van der Waals surface area contributed by atoms with Crippen LogP contribution in [-0.4, -0.2) is 22.1 Å². The lowest BCUT2D eigenvalue weighted by Gasteiger charge is -2.03. The number of hydrogen-bond donors (Lipinski definition) is 3. The number of aromatic amines is 1. The maximum absolute atomic E-state index is 11.2. The first-order chi connectivity index (χ1) is 10.2. The largest absolute Gasteiger partial charge is 0.366 e.